The zero-order chi connectivity index (χ0) is 5.40. The van der Waals surface area contributed by atoms with Gasteiger partial charge in [-0.3, -0.25) is 0 Å². The molecule has 3 heteroatoms. The molecule has 0 amide bonds. The summed E-state index contributed by atoms with van der Waals surface area (Å²) in [4.78, 5) is 0. The van der Waals surface area contributed by atoms with Gasteiger partial charge in [0.05, 0.1) is 15.8 Å². The van der Waals surface area contributed by atoms with Gasteiger partial charge >= 0.3 is 0 Å². The summed E-state index contributed by atoms with van der Waals surface area (Å²) in [6.07, 6.45) is 0. The van der Waals surface area contributed by atoms with E-state index in [-0.39, 0.29) is 0 Å². The van der Waals surface area contributed by atoms with Crippen molar-refractivity contribution in [3.05, 3.63) is 11.4 Å². The highest BCUT2D eigenvalue weighted by Gasteiger charge is 2.09. The molecule has 1 aromatic rings. The van der Waals surface area contributed by atoms with Gasteiger partial charge in [0.25, 0.3) is 0 Å². The fraction of sp³-hybridized carbons (Fsp3) is 0.200. The molecule has 0 atom stereocenters. The van der Waals surface area contributed by atoms with Crippen LogP contribution in [-0.4, -0.2) is 5.88 Å². The van der Waals surface area contributed by atoms with Crippen LogP contribution in [0.3, 0.4) is 0 Å². The lowest BCUT2D eigenvalue weighted by Crippen LogP contribution is -1.85. The van der Waals surface area contributed by atoms with Gasteiger partial charge < -0.3 is 5.32 Å². The van der Waals surface area contributed by atoms with Crippen LogP contribution in [0.2, 0.25) is 0 Å². The topological polar surface area (TPSA) is 12.0 Å². The maximum absolute atomic E-state index is 3.25. The SMILES string of the molecule is c1cc2c(s1)SCN2. The quantitative estimate of drug-likeness (QED) is 0.597. The molecule has 8 heavy (non-hydrogen) atoms. The third-order valence-electron chi connectivity index (χ3n) is 1.10. The maximum atomic E-state index is 3.25. The lowest BCUT2D eigenvalue weighted by atomic mass is 10.5. The Bertz CT molecular complexity index is 176. The van der Waals surface area contributed by atoms with Crippen molar-refractivity contribution >= 4 is 28.8 Å². The molecule has 42 valence electrons. The Morgan fingerprint density at radius 1 is 1.62 bits per heavy atom. The molecule has 0 unspecified atom stereocenters. The predicted molar refractivity (Wildman–Crippen MR) is 38.7 cm³/mol. The minimum Gasteiger partial charge on any atom is -0.374 e. The third kappa shape index (κ3) is 0.548. The van der Waals surface area contributed by atoms with Crippen molar-refractivity contribution in [3.8, 4) is 0 Å². The fourth-order valence-electron chi connectivity index (χ4n) is 0.718. The van der Waals surface area contributed by atoms with Crippen LogP contribution in [0, 0.1) is 0 Å². The van der Waals surface area contributed by atoms with Gasteiger partial charge in [-0.2, -0.15) is 0 Å². The first-order chi connectivity index (χ1) is 3.97. The van der Waals surface area contributed by atoms with E-state index in [0.29, 0.717) is 0 Å². The molecule has 0 bridgehead atoms. The molecule has 0 saturated heterocycles. The molecule has 2 rings (SSSR count). The van der Waals surface area contributed by atoms with Gasteiger partial charge in [0, 0.05) is 0 Å². The zero-order valence-electron chi connectivity index (χ0n) is 4.18. The molecular weight excluding hydrogens is 138 g/mol. The Kier molecular flexibility index (Phi) is 0.981. The number of hydrogen-bond acceptors (Lipinski definition) is 3. The summed E-state index contributed by atoms with van der Waals surface area (Å²) < 4.78 is 1.44. The normalized spacial score (nSPS) is 15.5. The third-order valence-corrected chi connectivity index (χ3v) is 3.21. The average Bonchev–Trinajstić information content (AvgIpc) is 2.15. The van der Waals surface area contributed by atoms with Crippen molar-refractivity contribution in [2.24, 2.45) is 0 Å². The van der Waals surface area contributed by atoms with Crippen LogP contribution in [0.1, 0.15) is 0 Å². The largest absolute Gasteiger partial charge is 0.374 e. The highest BCUT2D eigenvalue weighted by molar-refractivity contribution is 8.01. The second-order valence-electron chi connectivity index (χ2n) is 1.59. The first-order valence-corrected chi connectivity index (χ1v) is 4.27. The van der Waals surface area contributed by atoms with E-state index in [9.17, 15) is 0 Å². The number of hydrogen-bond donors (Lipinski definition) is 1. The molecular formula is C5H5NS2. The van der Waals surface area contributed by atoms with E-state index in [2.05, 4.69) is 16.8 Å². The monoisotopic (exact) mass is 143 g/mol. The molecule has 2 heterocycles. The van der Waals surface area contributed by atoms with Gasteiger partial charge in [-0.15, -0.1) is 11.3 Å². The smallest absolute Gasteiger partial charge is 0.0848 e. The second-order valence-corrected chi connectivity index (χ2v) is 3.75. The number of nitrogens with one attached hydrogen (secondary N) is 1. The Morgan fingerprint density at radius 2 is 2.62 bits per heavy atom. The highest BCUT2D eigenvalue weighted by atomic mass is 32.2. The van der Waals surface area contributed by atoms with Gasteiger partial charge in [0.2, 0.25) is 0 Å². The molecule has 0 saturated carbocycles. The van der Waals surface area contributed by atoms with Crippen molar-refractivity contribution in [2.45, 2.75) is 4.21 Å². The van der Waals surface area contributed by atoms with Gasteiger partial charge in [-0.05, 0) is 11.4 Å². The number of thioether (sulfide) groups is 1. The molecule has 0 fully saturated rings. The lowest BCUT2D eigenvalue weighted by molar-refractivity contribution is 1.51. The predicted octanol–water partition coefficient (Wildman–Crippen LogP) is 2.22. The van der Waals surface area contributed by atoms with Crippen LogP contribution >= 0.6 is 23.1 Å². The summed E-state index contributed by atoms with van der Waals surface area (Å²) in [7, 11) is 0. The molecule has 0 aromatic carbocycles. The summed E-state index contributed by atoms with van der Waals surface area (Å²) in [5.74, 6) is 1.06. The summed E-state index contributed by atoms with van der Waals surface area (Å²) in [5.41, 5.74) is 1.32. The molecule has 1 aliphatic rings. The van der Waals surface area contributed by atoms with E-state index >= 15 is 0 Å². The minimum absolute atomic E-state index is 1.06. The van der Waals surface area contributed by atoms with E-state index < -0.39 is 0 Å². The number of anilines is 1. The Balaban J connectivity index is 2.54. The maximum Gasteiger partial charge on any atom is 0.0848 e. The van der Waals surface area contributed by atoms with Crippen LogP contribution in [-0.2, 0) is 0 Å². The van der Waals surface area contributed by atoms with E-state index in [1.165, 1.54) is 9.90 Å². The Labute approximate surface area is 56.1 Å². The van der Waals surface area contributed by atoms with Crippen LogP contribution in [0.4, 0.5) is 5.69 Å². The van der Waals surface area contributed by atoms with Crippen LogP contribution < -0.4 is 5.32 Å². The van der Waals surface area contributed by atoms with Crippen molar-refractivity contribution in [3.63, 3.8) is 0 Å². The van der Waals surface area contributed by atoms with Gasteiger partial charge in [0.1, 0.15) is 0 Å². The van der Waals surface area contributed by atoms with Crippen molar-refractivity contribution < 1.29 is 0 Å². The molecule has 1 aliphatic heterocycles. The summed E-state index contributed by atoms with van der Waals surface area (Å²) in [6, 6.07) is 2.12. The fourth-order valence-corrected chi connectivity index (χ4v) is 2.58. The Hall–Kier alpha value is -0.150. The molecule has 0 spiro atoms. The van der Waals surface area contributed by atoms with Crippen LogP contribution in [0.25, 0.3) is 0 Å². The number of fused-ring (bicyclic) bond motifs is 1. The van der Waals surface area contributed by atoms with Crippen molar-refractivity contribution in [1.82, 2.24) is 0 Å². The average molecular weight is 143 g/mol. The van der Waals surface area contributed by atoms with Gasteiger partial charge in [-0.1, -0.05) is 11.8 Å². The first kappa shape index (κ1) is 4.70. The van der Waals surface area contributed by atoms with Crippen molar-refractivity contribution in [2.75, 3.05) is 11.2 Å². The zero-order valence-corrected chi connectivity index (χ0v) is 5.81. The van der Waals surface area contributed by atoms with Crippen LogP contribution in [0.15, 0.2) is 15.7 Å². The standard InChI is InChI=1S/C5H5NS2/c1-2-7-5-4(1)6-3-8-5/h1-2,6H,3H2. The first-order valence-electron chi connectivity index (χ1n) is 2.41. The summed E-state index contributed by atoms with van der Waals surface area (Å²) in [5, 5.41) is 5.37. The van der Waals surface area contributed by atoms with E-state index in [1.807, 2.05) is 23.1 Å². The van der Waals surface area contributed by atoms with Gasteiger partial charge in [0.15, 0.2) is 0 Å². The molecule has 1 aromatic heterocycles. The Morgan fingerprint density at radius 3 is 3.50 bits per heavy atom. The summed E-state index contributed by atoms with van der Waals surface area (Å²) >= 11 is 3.69. The highest BCUT2D eigenvalue weighted by Crippen LogP contribution is 2.37. The summed E-state index contributed by atoms with van der Waals surface area (Å²) in [6.45, 7) is 0. The van der Waals surface area contributed by atoms with Crippen LogP contribution in [0.5, 0.6) is 0 Å². The number of thiophene rings is 1. The van der Waals surface area contributed by atoms with E-state index in [0.717, 1.165) is 5.88 Å². The van der Waals surface area contributed by atoms with E-state index in [1.54, 1.807) is 0 Å². The minimum atomic E-state index is 1.06. The molecule has 0 radical (unpaired) electrons. The van der Waals surface area contributed by atoms with Gasteiger partial charge in [-0.25, -0.2) is 0 Å². The second kappa shape index (κ2) is 1.67. The molecule has 1 nitrogen and oxygen atoms in total. The lowest BCUT2D eigenvalue weighted by Gasteiger charge is -1.84. The van der Waals surface area contributed by atoms with Crippen molar-refractivity contribution in [1.29, 1.82) is 0 Å². The molecule has 1 N–H and O–H groups in total. The number of rotatable bonds is 0. The van der Waals surface area contributed by atoms with E-state index in [4.69, 9.17) is 0 Å². The molecule has 0 aliphatic carbocycles.